The average Bonchev–Trinajstić information content (AvgIpc) is 3.05. The largest absolute Gasteiger partial charge is 0.294 e. The zero-order chi connectivity index (χ0) is 19.5. The van der Waals surface area contributed by atoms with E-state index in [0.29, 0.717) is 5.56 Å². The van der Waals surface area contributed by atoms with E-state index in [4.69, 9.17) is 4.99 Å². The average molecular weight is 369 g/mol. The maximum atomic E-state index is 13.2. The van der Waals surface area contributed by atoms with Crippen LogP contribution >= 0.6 is 0 Å². The van der Waals surface area contributed by atoms with Crippen LogP contribution in [0.5, 0.6) is 0 Å². The number of aliphatic imine (C=N–C) groups is 1. The summed E-state index contributed by atoms with van der Waals surface area (Å²) in [7, 11) is 0. The second-order valence-corrected chi connectivity index (χ2v) is 6.89. The van der Waals surface area contributed by atoms with Crippen LogP contribution in [0.4, 0.5) is 5.69 Å². The number of H-pyrrole nitrogens is 1. The summed E-state index contributed by atoms with van der Waals surface area (Å²) in [5, 5.41) is 5.52. The lowest BCUT2D eigenvalue weighted by atomic mass is 10.1. The summed E-state index contributed by atoms with van der Waals surface area (Å²) in [4.78, 5) is 18.1. The number of nitrogens with one attached hydrogen (secondary N) is 1. The van der Waals surface area contributed by atoms with Crippen LogP contribution in [-0.4, -0.2) is 15.5 Å². The van der Waals surface area contributed by atoms with Crippen LogP contribution in [0.15, 0.2) is 82.6 Å². The molecule has 0 saturated heterocycles. The molecule has 0 spiro atoms. The smallest absolute Gasteiger partial charge is 0.280 e. The first-order valence-electron chi connectivity index (χ1n) is 9.61. The number of benzene rings is 3. The van der Waals surface area contributed by atoms with Crippen LogP contribution in [-0.2, 0) is 6.42 Å². The molecule has 4 nitrogen and oxygen atoms in total. The summed E-state index contributed by atoms with van der Waals surface area (Å²) in [6.45, 7) is 4.03. The van der Waals surface area contributed by atoms with Gasteiger partial charge >= 0.3 is 0 Å². The first-order valence-corrected chi connectivity index (χ1v) is 9.61. The van der Waals surface area contributed by atoms with Gasteiger partial charge < -0.3 is 0 Å². The van der Waals surface area contributed by atoms with Crippen molar-refractivity contribution in [2.75, 3.05) is 0 Å². The molecule has 140 valence electrons. The van der Waals surface area contributed by atoms with Crippen molar-refractivity contribution in [3.05, 3.63) is 94.4 Å². The monoisotopic (exact) mass is 369 g/mol. The van der Waals surface area contributed by atoms with E-state index in [1.54, 1.807) is 4.68 Å². The van der Waals surface area contributed by atoms with Crippen molar-refractivity contribution in [2.45, 2.75) is 26.7 Å². The molecule has 0 aliphatic heterocycles. The highest BCUT2D eigenvalue weighted by atomic mass is 16.1. The lowest BCUT2D eigenvalue weighted by Gasteiger charge is -2.04. The van der Waals surface area contributed by atoms with Crippen LogP contribution in [0, 0.1) is 0 Å². The third-order valence-electron chi connectivity index (χ3n) is 4.90. The van der Waals surface area contributed by atoms with E-state index in [0.717, 1.165) is 46.4 Å². The van der Waals surface area contributed by atoms with Crippen molar-refractivity contribution in [3.63, 3.8) is 0 Å². The minimum atomic E-state index is -0.0591. The Balaban J connectivity index is 1.87. The predicted octanol–water partition coefficient (Wildman–Crippen LogP) is 5.41. The van der Waals surface area contributed by atoms with Crippen molar-refractivity contribution in [2.24, 2.45) is 4.99 Å². The van der Waals surface area contributed by atoms with Crippen LogP contribution in [0.2, 0.25) is 0 Å². The molecule has 3 aromatic carbocycles. The van der Waals surface area contributed by atoms with Gasteiger partial charge in [-0.15, -0.1) is 0 Å². The van der Waals surface area contributed by atoms with E-state index in [-0.39, 0.29) is 5.56 Å². The fourth-order valence-corrected chi connectivity index (χ4v) is 3.59. The minimum absolute atomic E-state index is 0.0591. The van der Waals surface area contributed by atoms with Gasteiger partial charge in [0.2, 0.25) is 0 Å². The molecule has 1 heterocycles. The van der Waals surface area contributed by atoms with Crippen LogP contribution in [0.3, 0.4) is 0 Å². The minimum Gasteiger partial charge on any atom is -0.294 e. The lowest BCUT2D eigenvalue weighted by molar-refractivity contribution is 0.793. The number of aromatic amines is 1. The SMILES string of the molecule is CCCc1[nH]n(-c2ccccc2)c(=O)c1C(C)=Nc1cccc2ccccc12. The highest BCUT2D eigenvalue weighted by Gasteiger charge is 2.17. The fraction of sp³-hybridized carbons (Fsp3) is 0.167. The van der Waals surface area contributed by atoms with Crippen molar-refractivity contribution < 1.29 is 0 Å². The third kappa shape index (κ3) is 3.29. The number of nitrogens with zero attached hydrogens (tertiary/aromatic N) is 2. The molecule has 0 radical (unpaired) electrons. The Hall–Kier alpha value is -3.40. The van der Waals surface area contributed by atoms with Gasteiger partial charge in [0.05, 0.1) is 22.6 Å². The molecule has 0 fully saturated rings. The van der Waals surface area contributed by atoms with E-state index in [1.807, 2.05) is 61.5 Å². The molecule has 0 saturated carbocycles. The summed E-state index contributed by atoms with van der Waals surface area (Å²) in [6.07, 6.45) is 1.75. The van der Waals surface area contributed by atoms with Crippen molar-refractivity contribution >= 4 is 22.2 Å². The van der Waals surface area contributed by atoms with Crippen molar-refractivity contribution in [1.29, 1.82) is 0 Å². The molecule has 4 heteroatoms. The number of hydrogen-bond donors (Lipinski definition) is 1. The number of hydrogen-bond acceptors (Lipinski definition) is 2. The number of para-hydroxylation sites is 1. The van der Waals surface area contributed by atoms with Gasteiger partial charge in [0, 0.05) is 11.1 Å². The molecule has 0 aliphatic rings. The fourth-order valence-electron chi connectivity index (χ4n) is 3.59. The second-order valence-electron chi connectivity index (χ2n) is 6.89. The molecule has 0 aliphatic carbocycles. The highest BCUT2D eigenvalue weighted by Crippen LogP contribution is 2.26. The van der Waals surface area contributed by atoms with E-state index in [9.17, 15) is 4.79 Å². The van der Waals surface area contributed by atoms with Crippen molar-refractivity contribution in [3.8, 4) is 5.69 Å². The van der Waals surface area contributed by atoms with E-state index in [1.165, 1.54) is 0 Å². The van der Waals surface area contributed by atoms with E-state index in [2.05, 4.69) is 30.2 Å². The molecule has 0 bridgehead atoms. The number of rotatable bonds is 5. The van der Waals surface area contributed by atoms with Gasteiger partial charge in [-0.1, -0.05) is 67.9 Å². The third-order valence-corrected chi connectivity index (χ3v) is 4.90. The van der Waals surface area contributed by atoms with Gasteiger partial charge in [-0.3, -0.25) is 14.9 Å². The zero-order valence-electron chi connectivity index (χ0n) is 16.1. The maximum Gasteiger partial charge on any atom is 0.280 e. The Kier molecular flexibility index (Phi) is 4.94. The summed E-state index contributed by atoms with van der Waals surface area (Å²) in [5.41, 5.74) is 3.97. The van der Waals surface area contributed by atoms with Gasteiger partial charge in [-0.25, -0.2) is 4.68 Å². The first kappa shape index (κ1) is 18.0. The molecule has 0 amide bonds. The Morgan fingerprint density at radius 3 is 2.46 bits per heavy atom. The number of aromatic nitrogens is 2. The molecule has 1 N–H and O–H groups in total. The van der Waals surface area contributed by atoms with Crippen LogP contribution in [0.25, 0.3) is 16.5 Å². The maximum absolute atomic E-state index is 13.2. The van der Waals surface area contributed by atoms with E-state index >= 15 is 0 Å². The molecular weight excluding hydrogens is 346 g/mol. The van der Waals surface area contributed by atoms with Gasteiger partial charge in [-0.05, 0) is 36.9 Å². The Morgan fingerprint density at radius 2 is 1.68 bits per heavy atom. The second kappa shape index (κ2) is 7.69. The van der Waals surface area contributed by atoms with Gasteiger partial charge in [-0.2, -0.15) is 0 Å². The normalized spacial score (nSPS) is 11.9. The van der Waals surface area contributed by atoms with Crippen LogP contribution < -0.4 is 5.56 Å². The standard InChI is InChI=1S/C24H23N3O/c1-3-10-22-23(24(28)27(26-22)19-13-5-4-6-14-19)17(2)25-21-16-9-12-18-11-7-8-15-20(18)21/h4-9,11-16,26H,3,10H2,1-2H3. The molecular formula is C24H23N3O. The molecule has 4 aromatic rings. The topological polar surface area (TPSA) is 50.1 Å². The Morgan fingerprint density at radius 1 is 0.964 bits per heavy atom. The predicted molar refractivity (Wildman–Crippen MR) is 116 cm³/mol. The van der Waals surface area contributed by atoms with Crippen molar-refractivity contribution in [1.82, 2.24) is 9.78 Å². The van der Waals surface area contributed by atoms with Crippen LogP contribution in [0.1, 0.15) is 31.5 Å². The summed E-state index contributed by atoms with van der Waals surface area (Å²) < 4.78 is 1.61. The first-order chi connectivity index (χ1) is 13.7. The Bertz CT molecular complexity index is 1190. The molecule has 28 heavy (non-hydrogen) atoms. The van der Waals surface area contributed by atoms with Gasteiger partial charge in [0.15, 0.2) is 0 Å². The molecule has 0 atom stereocenters. The summed E-state index contributed by atoms with van der Waals surface area (Å²) in [6, 6.07) is 23.9. The summed E-state index contributed by atoms with van der Waals surface area (Å²) in [5.74, 6) is 0. The highest BCUT2D eigenvalue weighted by molar-refractivity contribution is 6.03. The van der Waals surface area contributed by atoms with Gasteiger partial charge in [0.1, 0.15) is 0 Å². The lowest BCUT2D eigenvalue weighted by Crippen LogP contribution is -2.19. The molecule has 1 aromatic heterocycles. The van der Waals surface area contributed by atoms with Gasteiger partial charge in [0.25, 0.3) is 5.56 Å². The van der Waals surface area contributed by atoms with E-state index < -0.39 is 0 Å². The number of aryl methyl sites for hydroxylation is 1. The zero-order valence-corrected chi connectivity index (χ0v) is 16.1. The molecule has 0 unspecified atom stereocenters. The molecule has 4 rings (SSSR count). The Labute approximate surface area is 164 Å². The quantitative estimate of drug-likeness (QED) is 0.470. The number of fused-ring (bicyclic) bond motifs is 1. The summed E-state index contributed by atoms with van der Waals surface area (Å²) >= 11 is 0.